The largest absolute Gasteiger partial charge is 0.339 e. The van der Waals surface area contributed by atoms with Gasteiger partial charge in [-0.2, -0.15) is 5.10 Å². The van der Waals surface area contributed by atoms with Crippen LogP contribution in [0.5, 0.6) is 0 Å². The van der Waals surface area contributed by atoms with Gasteiger partial charge in [0, 0.05) is 18.8 Å². The molecule has 0 fully saturated rings. The van der Waals surface area contributed by atoms with Gasteiger partial charge < -0.3 is 16.0 Å². The summed E-state index contributed by atoms with van der Waals surface area (Å²) in [4.78, 5) is 15.1. The van der Waals surface area contributed by atoms with Gasteiger partial charge in [0.2, 0.25) is 0 Å². The van der Waals surface area contributed by atoms with E-state index in [1.807, 2.05) is 73.3 Å². The summed E-state index contributed by atoms with van der Waals surface area (Å²) in [6.45, 7) is 4.87. The van der Waals surface area contributed by atoms with E-state index < -0.39 is 11.7 Å². The Hall–Kier alpha value is -3.97. The van der Waals surface area contributed by atoms with Gasteiger partial charge in [-0.25, -0.2) is 9.07 Å². The second-order valence-corrected chi connectivity index (χ2v) is 8.04. The lowest BCUT2D eigenvalue weighted by Crippen LogP contribution is -2.21. The Morgan fingerprint density at radius 2 is 1.82 bits per heavy atom. The van der Waals surface area contributed by atoms with Crippen LogP contribution in [0, 0.1) is 12.7 Å². The minimum absolute atomic E-state index is 0.112. The fourth-order valence-electron chi connectivity index (χ4n) is 3.90. The molecule has 0 bridgehead atoms. The number of carbonyl (C=O) groups is 1. The minimum Gasteiger partial charge on any atom is -0.339 e. The number of hydrogen-bond donors (Lipinski definition) is 2. The van der Waals surface area contributed by atoms with E-state index in [9.17, 15) is 4.79 Å². The predicted octanol–water partition coefficient (Wildman–Crippen LogP) is 5.58. The van der Waals surface area contributed by atoms with E-state index in [-0.39, 0.29) is 5.69 Å². The summed E-state index contributed by atoms with van der Waals surface area (Å²) in [5.74, 6) is -0.933. The Morgan fingerprint density at radius 3 is 2.56 bits per heavy atom. The number of nitrogens with two attached hydrogens (primary N) is 1. The quantitative estimate of drug-likeness (QED) is 0.362. The van der Waals surface area contributed by atoms with Crippen molar-refractivity contribution in [1.29, 1.82) is 0 Å². The summed E-state index contributed by atoms with van der Waals surface area (Å²) in [6.07, 6.45) is 0.839. The van der Waals surface area contributed by atoms with E-state index in [1.165, 1.54) is 0 Å². The zero-order valence-corrected chi connectivity index (χ0v) is 19.3. The molecule has 4 aromatic rings. The molecule has 1 heterocycles. The third-order valence-corrected chi connectivity index (χ3v) is 5.49. The maximum absolute atomic E-state index is 15.6. The molecule has 0 atom stereocenters. The number of para-hydroxylation sites is 1. The summed E-state index contributed by atoms with van der Waals surface area (Å²) in [7, 11) is 0. The monoisotopic (exact) mass is 457 g/mol. The highest BCUT2D eigenvalue weighted by Crippen LogP contribution is 2.32. The number of amides is 1. The Balaban J connectivity index is 1.66. The third kappa shape index (κ3) is 4.84. The zero-order valence-electron chi connectivity index (χ0n) is 19.3. The van der Waals surface area contributed by atoms with Gasteiger partial charge in [-0.05, 0) is 61.4 Å². The molecule has 1 aromatic heterocycles. The van der Waals surface area contributed by atoms with Crippen molar-refractivity contribution in [3.05, 3.63) is 102 Å². The molecular weight excluding hydrogens is 429 g/mol. The summed E-state index contributed by atoms with van der Waals surface area (Å²) in [6, 6.07) is 23.9. The Kier molecular flexibility index (Phi) is 7.04. The minimum atomic E-state index is -0.485. The molecule has 0 saturated heterocycles. The van der Waals surface area contributed by atoms with Gasteiger partial charge in [0.1, 0.15) is 5.69 Å². The topological polar surface area (TPSA) is 76.2 Å². The van der Waals surface area contributed by atoms with Crippen molar-refractivity contribution >= 4 is 23.0 Å². The second-order valence-electron chi connectivity index (χ2n) is 8.04. The van der Waals surface area contributed by atoms with Gasteiger partial charge in [-0.3, -0.25) is 4.79 Å². The number of aromatic nitrogens is 2. The first kappa shape index (κ1) is 23.2. The van der Waals surface area contributed by atoms with Crippen LogP contribution in [0.25, 0.3) is 5.69 Å². The molecule has 4 rings (SSSR count). The maximum atomic E-state index is 15.6. The molecular formula is C27H28FN5O. The van der Waals surface area contributed by atoms with Crippen LogP contribution in [0.2, 0.25) is 0 Å². The highest BCUT2D eigenvalue weighted by molar-refractivity contribution is 6.04. The highest BCUT2D eigenvalue weighted by atomic mass is 19.1. The number of rotatable bonds is 8. The van der Waals surface area contributed by atoms with Crippen LogP contribution in [0.15, 0.2) is 78.9 Å². The fraction of sp³-hybridized carbons (Fsp3) is 0.185. The smallest absolute Gasteiger partial charge is 0.274 e. The SMILES string of the molecule is CCCN(c1ccccc1)c1cccc(NC(=O)c2cc(C)nn2-c2cccc(CN)c2)c1F. The lowest BCUT2D eigenvalue weighted by Gasteiger charge is -2.25. The number of carbonyl (C=O) groups excluding carboxylic acids is 1. The van der Waals surface area contributed by atoms with Crippen LogP contribution in [-0.4, -0.2) is 22.2 Å². The summed E-state index contributed by atoms with van der Waals surface area (Å²) < 4.78 is 17.2. The van der Waals surface area contributed by atoms with Crippen LogP contribution >= 0.6 is 0 Å². The van der Waals surface area contributed by atoms with E-state index in [4.69, 9.17) is 5.73 Å². The second kappa shape index (κ2) is 10.3. The Morgan fingerprint density at radius 1 is 1.06 bits per heavy atom. The van der Waals surface area contributed by atoms with Crippen molar-refractivity contribution in [2.75, 3.05) is 16.8 Å². The molecule has 0 aliphatic carbocycles. The van der Waals surface area contributed by atoms with E-state index in [1.54, 1.807) is 28.9 Å². The molecule has 0 aliphatic heterocycles. The summed E-state index contributed by atoms with van der Waals surface area (Å²) in [5, 5.41) is 7.21. The number of nitrogens with zero attached hydrogens (tertiary/aromatic N) is 3. The van der Waals surface area contributed by atoms with E-state index in [0.29, 0.717) is 35.9 Å². The van der Waals surface area contributed by atoms with E-state index >= 15 is 4.39 Å². The van der Waals surface area contributed by atoms with Gasteiger partial charge in [0.15, 0.2) is 5.82 Å². The van der Waals surface area contributed by atoms with Crippen LogP contribution < -0.4 is 16.0 Å². The lowest BCUT2D eigenvalue weighted by molar-refractivity contribution is 0.101. The normalized spacial score (nSPS) is 10.8. The molecule has 0 spiro atoms. The van der Waals surface area contributed by atoms with Crippen molar-refractivity contribution in [3.8, 4) is 5.69 Å². The van der Waals surface area contributed by atoms with Crippen LogP contribution in [-0.2, 0) is 6.54 Å². The number of anilines is 3. The standard InChI is InChI=1S/C27H28FN5O/c1-3-15-32(21-10-5-4-6-11-21)24-14-8-13-23(26(24)28)30-27(34)25-16-19(2)31-33(25)22-12-7-9-20(17-22)18-29/h4-14,16-17H,3,15,18,29H2,1-2H3,(H,30,34). The van der Waals surface area contributed by atoms with E-state index in [2.05, 4.69) is 10.4 Å². The van der Waals surface area contributed by atoms with Crippen molar-refractivity contribution in [3.63, 3.8) is 0 Å². The average Bonchev–Trinajstić information content (AvgIpc) is 3.26. The number of halogens is 1. The number of nitrogens with one attached hydrogen (secondary N) is 1. The molecule has 1 amide bonds. The number of aryl methyl sites for hydroxylation is 1. The Labute approximate surface area is 198 Å². The summed E-state index contributed by atoms with van der Waals surface area (Å²) in [5.41, 5.74) is 9.80. The fourth-order valence-corrected chi connectivity index (χ4v) is 3.90. The van der Waals surface area contributed by atoms with Gasteiger partial charge in [0.05, 0.1) is 22.8 Å². The molecule has 0 radical (unpaired) electrons. The van der Waals surface area contributed by atoms with Crippen molar-refractivity contribution in [2.24, 2.45) is 5.73 Å². The Bertz CT molecular complexity index is 1290. The highest BCUT2D eigenvalue weighted by Gasteiger charge is 2.20. The van der Waals surface area contributed by atoms with Crippen LogP contribution in [0.1, 0.15) is 35.1 Å². The third-order valence-electron chi connectivity index (χ3n) is 5.49. The predicted molar refractivity (Wildman–Crippen MR) is 134 cm³/mol. The molecule has 0 unspecified atom stereocenters. The van der Waals surface area contributed by atoms with Gasteiger partial charge in [-0.15, -0.1) is 0 Å². The molecule has 3 N–H and O–H groups in total. The zero-order chi connectivity index (χ0) is 24.1. The van der Waals surface area contributed by atoms with Gasteiger partial charge in [0.25, 0.3) is 5.91 Å². The average molecular weight is 458 g/mol. The molecule has 34 heavy (non-hydrogen) atoms. The van der Waals surface area contributed by atoms with Crippen molar-refractivity contribution < 1.29 is 9.18 Å². The number of benzene rings is 3. The molecule has 0 aliphatic rings. The molecule has 0 saturated carbocycles. The molecule has 7 heteroatoms. The molecule has 3 aromatic carbocycles. The van der Waals surface area contributed by atoms with E-state index in [0.717, 1.165) is 17.7 Å². The van der Waals surface area contributed by atoms with Crippen molar-refractivity contribution in [1.82, 2.24) is 9.78 Å². The first-order valence-electron chi connectivity index (χ1n) is 11.3. The summed E-state index contributed by atoms with van der Waals surface area (Å²) >= 11 is 0. The lowest BCUT2D eigenvalue weighted by atomic mass is 10.2. The van der Waals surface area contributed by atoms with Crippen molar-refractivity contribution in [2.45, 2.75) is 26.8 Å². The molecule has 6 nitrogen and oxygen atoms in total. The van der Waals surface area contributed by atoms with Gasteiger partial charge >= 0.3 is 0 Å². The number of hydrogen-bond acceptors (Lipinski definition) is 4. The van der Waals surface area contributed by atoms with Crippen LogP contribution in [0.4, 0.5) is 21.5 Å². The molecule has 174 valence electrons. The first-order valence-corrected chi connectivity index (χ1v) is 11.3. The van der Waals surface area contributed by atoms with Crippen LogP contribution in [0.3, 0.4) is 0 Å². The maximum Gasteiger partial charge on any atom is 0.274 e. The first-order chi connectivity index (χ1) is 16.5. The van der Waals surface area contributed by atoms with Gasteiger partial charge in [-0.1, -0.05) is 43.3 Å².